The van der Waals surface area contributed by atoms with Crippen molar-refractivity contribution < 1.29 is 5.11 Å². The Morgan fingerprint density at radius 3 is 2.68 bits per heavy atom. The Morgan fingerprint density at radius 2 is 2.05 bits per heavy atom. The summed E-state index contributed by atoms with van der Waals surface area (Å²) < 4.78 is 0. The molecule has 1 heterocycles. The van der Waals surface area contributed by atoms with Gasteiger partial charge in [-0.1, -0.05) is 24.3 Å². The number of hydrogen-bond acceptors (Lipinski definition) is 3. The number of aliphatic hydroxyl groups is 1. The zero-order valence-corrected chi connectivity index (χ0v) is 11.9. The molecule has 1 atom stereocenters. The predicted octanol–water partition coefficient (Wildman–Crippen LogP) is 2.22. The van der Waals surface area contributed by atoms with Crippen LogP contribution in [0.3, 0.4) is 0 Å². The van der Waals surface area contributed by atoms with E-state index in [0.717, 1.165) is 32.5 Å². The first-order valence-corrected chi connectivity index (χ1v) is 6.99. The van der Waals surface area contributed by atoms with E-state index >= 15 is 0 Å². The molecule has 3 nitrogen and oxygen atoms in total. The fourth-order valence-corrected chi connectivity index (χ4v) is 2.42. The van der Waals surface area contributed by atoms with Gasteiger partial charge in [-0.2, -0.15) is 0 Å². The zero-order chi connectivity index (χ0) is 13.7. The monoisotopic (exact) mass is 260 g/mol. The molecule has 1 N–H and O–H groups in total. The molecule has 1 aliphatic rings. The second-order valence-corrected chi connectivity index (χ2v) is 5.44. The Bertz CT molecular complexity index is 411. The number of piperidine rings is 1. The highest BCUT2D eigenvalue weighted by molar-refractivity contribution is 5.55. The van der Waals surface area contributed by atoms with Crippen molar-refractivity contribution in [1.82, 2.24) is 4.90 Å². The summed E-state index contributed by atoms with van der Waals surface area (Å²) in [6.07, 6.45) is 6.25. The lowest BCUT2D eigenvalue weighted by molar-refractivity contribution is 0.0771. The summed E-state index contributed by atoms with van der Waals surface area (Å²) in [5, 5.41) is 9.61. The average Bonchev–Trinajstić information content (AvgIpc) is 2.39. The third kappa shape index (κ3) is 4.37. The maximum absolute atomic E-state index is 9.61. The van der Waals surface area contributed by atoms with Gasteiger partial charge in [0.1, 0.15) is 0 Å². The van der Waals surface area contributed by atoms with E-state index in [4.69, 9.17) is 0 Å². The molecule has 1 unspecified atom stereocenters. The first-order valence-electron chi connectivity index (χ1n) is 6.99. The van der Waals surface area contributed by atoms with E-state index in [1.54, 1.807) is 0 Å². The number of benzene rings is 1. The van der Waals surface area contributed by atoms with Gasteiger partial charge >= 0.3 is 0 Å². The average molecular weight is 260 g/mol. The Morgan fingerprint density at radius 1 is 1.32 bits per heavy atom. The number of anilines is 1. The number of hydrogen-bond donors (Lipinski definition) is 1. The van der Waals surface area contributed by atoms with Gasteiger partial charge in [0.25, 0.3) is 0 Å². The third-order valence-electron chi connectivity index (χ3n) is 3.56. The maximum Gasteiger partial charge on any atom is 0.0667 e. The minimum Gasteiger partial charge on any atom is -0.392 e. The highest BCUT2D eigenvalue weighted by Gasteiger charge is 2.15. The van der Waals surface area contributed by atoms with Crippen molar-refractivity contribution in [3.63, 3.8) is 0 Å². The standard InChI is InChI=1S/C16H24N2O/c1-17(2)15-9-7-14(8-10-15)5-3-11-18-12-4-6-16(19)13-18/h3,5,7-10,16,19H,4,6,11-13H2,1-2H3. The second-order valence-electron chi connectivity index (χ2n) is 5.44. The lowest BCUT2D eigenvalue weighted by Gasteiger charge is -2.28. The highest BCUT2D eigenvalue weighted by atomic mass is 16.3. The molecule has 19 heavy (non-hydrogen) atoms. The van der Waals surface area contributed by atoms with Crippen molar-refractivity contribution in [1.29, 1.82) is 0 Å². The summed E-state index contributed by atoms with van der Waals surface area (Å²) >= 11 is 0. The number of aliphatic hydroxyl groups excluding tert-OH is 1. The topological polar surface area (TPSA) is 26.7 Å². The molecular formula is C16H24N2O. The molecule has 1 fully saturated rings. The van der Waals surface area contributed by atoms with Gasteiger partial charge in [0, 0.05) is 32.9 Å². The summed E-state index contributed by atoms with van der Waals surface area (Å²) in [4.78, 5) is 4.40. The highest BCUT2D eigenvalue weighted by Crippen LogP contribution is 2.14. The van der Waals surface area contributed by atoms with Crippen LogP contribution in [0.5, 0.6) is 0 Å². The van der Waals surface area contributed by atoms with Crippen molar-refractivity contribution in [3.05, 3.63) is 35.9 Å². The van der Waals surface area contributed by atoms with Gasteiger partial charge in [-0.3, -0.25) is 4.90 Å². The van der Waals surface area contributed by atoms with E-state index in [1.165, 1.54) is 11.3 Å². The third-order valence-corrected chi connectivity index (χ3v) is 3.56. The van der Waals surface area contributed by atoms with Crippen LogP contribution in [0.2, 0.25) is 0 Å². The van der Waals surface area contributed by atoms with Crippen LogP contribution < -0.4 is 4.90 Å². The fraction of sp³-hybridized carbons (Fsp3) is 0.500. The molecule has 1 saturated heterocycles. The number of β-amino-alcohol motifs (C(OH)–C–C–N with tert-alkyl or cyclic N) is 1. The molecular weight excluding hydrogens is 236 g/mol. The Hall–Kier alpha value is -1.32. The van der Waals surface area contributed by atoms with Gasteiger partial charge in [-0.05, 0) is 37.1 Å². The SMILES string of the molecule is CN(C)c1ccc(C=CCN2CCCC(O)C2)cc1. The Kier molecular flexibility index (Phi) is 5.00. The van der Waals surface area contributed by atoms with Crippen molar-refractivity contribution in [2.45, 2.75) is 18.9 Å². The lowest BCUT2D eigenvalue weighted by atomic mass is 10.1. The van der Waals surface area contributed by atoms with Gasteiger partial charge < -0.3 is 10.0 Å². The van der Waals surface area contributed by atoms with Crippen molar-refractivity contribution in [3.8, 4) is 0 Å². The van der Waals surface area contributed by atoms with Crippen LogP contribution in [0.1, 0.15) is 18.4 Å². The molecule has 1 aromatic carbocycles. The zero-order valence-electron chi connectivity index (χ0n) is 11.9. The molecule has 2 rings (SSSR count). The number of likely N-dealkylation sites (tertiary alicyclic amines) is 1. The van der Waals surface area contributed by atoms with Crippen molar-refractivity contribution in [2.75, 3.05) is 38.6 Å². The molecule has 0 aromatic heterocycles. The Balaban J connectivity index is 1.84. The smallest absolute Gasteiger partial charge is 0.0667 e. The van der Waals surface area contributed by atoms with Gasteiger partial charge in [-0.15, -0.1) is 0 Å². The van der Waals surface area contributed by atoms with E-state index < -0.39 is 0 Å². The van der Waals surface area contributed by atoms with Gasteiger partial charge in [0.2, 0.25) is 0 Å². The number of nitrogens with zero attached hydrogens (tertiary/aromatic N) is 2. The van der Waals surface area contributed by atoms with Crippen LogP contribution in [0.25, 0.3) is 6.08 Å². The van der Waals surface area contributed by atoms with Crippen molar-refractivity contribution in [2.24, 2.45) is 0 Å². The van der Waals surface area contributed by atoms with E-state index in [2.05, 4.69) is 46.2 Å². The summed E-state index contributed by atoms with van der Waals surface area (Å²) in [7, 11) is 4.10. The Labute approximate surface area is 116 Å². The first-order chi connectivity index (χ1) is 9.15. The molecule has 3 heteroatoms. The van der Waals surface area contributed by atoms with Gasteiger partial charge in [0.05, 0.1) is 6.10 Å². The molecule has 104 valence electrons. The van der Waals surface area contributed by atoms with E-state index in [0.29, 0.717) is 0 Å². The molecule has 0 amide bonds. The maximum atomic E-state index is 9.61. The molecule has 0 aliphatic carbocycles. The van der Waals surface area contributed by atoms with Crippen LogP contribution >= 0.6 is 0 Å². The van der Waals surface area contributed by atoms with Crippen LogP contribution in [0.4, 0.5) is 5.69 Å². The molecule has 1 aliphatic heterocycles. The summed E-state index contributed by atoms with van der Waals surface area (Å²) in [6, 6.07) is 8.53. The minimum absolute atomic E-state index is 0.137. The lowest BCUT2D eigenvalue weighted by Crippen LogP contribution is -2.38. The second kappa shape index (κ2) is 6.73. The van der Waals surface area contributed by atoms with Gasteiger partial charge in [-0.25, -0.2) is 0 Å². The van der Waals surface area contributed by atoms with Crippen molar-refractivity contribution >= 4 is 11.8 Å². The van der Waals surface area contributed by atoms with Crippen LogP contribution in [-0.2, 0) is 0 Å². The van der Waals surface area contributed by atoms with E-state index in [1.807, 2.05) is 14.1 Å². The van der Waals surface area contributed by atoms with Crippen LogP contribution in [-0.4, -0.2) is 49.8 Å². The number of rotatable bonds is 4. The predicted molar refractivity (Wildman–Crippen MR) is 81.5 cm³/mol. The minimum atomic E-state index is -0.137. The molecule has 0 spiro atoms. The molecule has 0 bridgehead atoms. The molecule has 0 radical (unpaired) electrons. The van der Waals surface area contributed by atoms with Crippen LogP contribution in [0.15, 0.2) is 30.3 Å². The molecule has 0 saturated carbocycles. The summed E-state index contributed by atoms with van der Waals surface area (Å²) in [6.45, 7) is 2.83. The normalized spacial score (nSPS) is 20.9. The quantitative estimate of drug-likeness (QED) is 0.899. The van der Waals surface area contributed by atoms with E-state index in [9.17, 15) is 5.11 Å². The molecule has 1 aromatic rings. The van der Waals surface area contributed by atoms with E-state index in [-0.39, 0.29) is 6.10 Å². The summed E-state index contributed by atoms with van der Waals surface area (Å²) in [5.74, 6) is 0. The first kappa shape index (κ1) is 14.1. The van der Waals surface area contributed by atoms with Crippen LogP contribution in [0, 0.1) is 0 Å². The van der Waals surface area contributed by atoms with Gasteiger partial charge in [0.15, 0.2) is 0 Å². The largest absolute Gasteiger partial charge is 0.392 e. The summed E-state index contributed by atoms with van der Waals surface area (Å²) in [5.41, 5.74) is 2.44. The fourth-order valence-electron chi connectivity index (χ4n) is 2.42.